The van der Waals surface area contributed by atoms with Gasteiger partial charge >= 0.3 is 5.97 Å². The molecule has 0 bridgehead atoms. The van der Waals surface area contributed by atoms with Gasteiger partial charge in [-0.05, 0) is 40.2 Å². The third kappa shape index (κ3) is 5.32. The van der Waals surface area contributed by atoms with Gasteiger partial charge in [-0.25, -0.2) is 10.2 Å². The van der Waals surface area contributed by atoms with E-state index < -0.39 is 16.8 Å². The minimum Gasteiger partial charge on any atom is -0.422 e. The fourth-order valence-corrected chi connectivity index (χ4v) is 2.70. The number of hydrazone groups is 1. The lowest BCUT2D eigenvalue weighted by molar-refractivity contribution is -0.384. The number of ether oxygens (including phenoxy) is 1. The molecule has 0 radical (unpaired) electrons. The van der Waals surface area contributed by atoms with Crippen LogP contribution in [0.2, 0.25) is 0 Å². The van der Waals surface area contributed by atoms with Crippen LogP contribution in [0, 0.1) is 10.1 Å². The molecule has 150 valence electrons. The second kappa shape index (κ2) is 9.52. The summed E-state index contributed by atoms with van der Waals surface area (Å²) < 4.78 is 5.96. The second-order valence-corrected chi connectivity index (χ2v) is 6.74. The van der Waals surface area contributed by atoms with Crippen molar-refractivity contribution in [3.63, 3.8) is 0 Å². The summed E-state index contributed by atoms with van der Waals surface area (Å²) in [5.74, 6) is -1.12. The number of halogens is 1. The molecule has 0 aliphatic carbocycles. The number of nitrogens with one attached hydrogen (secondary N) is 1. The van der Waals surface area contributed by atoms with Gasteiger partial charge in [0.25, 0.3) is 11.6 Å². The van der Waals surface area contributed by atoms with Crippen molar-refractivity contribution in [1.82, 2.24) is 10.4 Å². The van der Waals surface area contributed by atoms with Crippen molar-refractivity contribution in [1.29, 1.82) is 0 Å². The highest BCUT2D eigenvalue weighted by molar-refractivity contribution is 9.10. The molecule has 2 aromatic carbocycles. The Morgan fingerprint density at radius 1 is 1.10 bits per heavy atom. The van der Waals surface area contributed by atoms with Crippen molar-refractivity contribution in [2.24, 2.45) is 5.10 Å². The van der Waals surface area contributed by atoms with E-state index in [2.05, 4.69) is 31.4 Å². The number of carbonyl (C=O) groups excluding carboxylic acids is 2. The number of esters is 1. The van der Waals surface area contributed by atoms with E-state index in [0.29, 0.717) is 10.0 Å². The maximum Gasteiger partial charge on any atom is 0.343 e. The van der Waals surface area contributed by atoms with Crippen molar-refractivity contribution in [3.05, 3.63) is 98.3 Å². The van der Waals surface area contributed by atoms with E-state index >= 15 is 0 Å². The Bertz CT molecular complexity index is 1140. The molecule has 0 aliphatic rings. The number of pyridine rings is 1. The molecule has 10 heteroatoms. The van der Waals surface area contributed by atoms with Gasteiger partial charge in [0.15, 0.2) is 0 Å². The molecular formula is C20H13BrN4O5. The third-order valence-corrected chi connectivity index (χ3v) is 4.19. The van der Waals surface area contributed by atoms with E-state index in [1.807, 2.05) is 0 Å². The molecule has 0 saturated carbocycles. The maximum atomic E-state index is 12.3. The molecule has 9 nitrogen and oxygen atoms in total. The molecule has 1 aromatic heterocycles. The van der Waals surface area contributed by atoms with Crippen LogP contribution in [0.25, 0.3) is 0 Å². The van der Waals surface area contributed by atoms with E-state index in [9.17, 15) is 19.7 Å². The smallest absolute Gasteiger partial charge is 0.343 e. The zero-order chi connectivity index (χ0) is 21.5. The lowest BCUT2D eigenvalue weighted by Crippen LogP contribution is -2.18. The first-order chi connectivity index (χ1) is 14.4. The average Bonchev–Trinajstić information content (AvgIpc) is 2.75. The Labute approximate surface area is 178 Å². The first kappa shape index (κ1) is 20.8. The normalized spacial score (nSPS) is 10.6. The van der Waals surface area contributed by atoms with Gasteiger partial charge < -0.3 is 4.74 Å². The van der Waals surface area contributed by atoms with Crippen LogP contribution in [0.3, 0.4) is 0 Å². The number of nitro groups is 1. The van der Waals surface area contributed by atoms with Gasteiger partial charge in [0.1, 0.15) is 5.75 Å². The molecule has 0 fully saturated rings. The monoisotopic (exact) mass is 468 g/mol. The Morgan fingerprint density at radius 2 is 1.87 bits per heavy atom. The van der Waals surface area contributed by atoms with E-state index in [1.165, 1.54) is 30.6 Å². The van der Waals surface area contributed by atoms with Gasteiger partial charge in [0.2, 0.25) is 0 Å². The summed E-state index contributed by atoms with van der Waals surface area (Å²) >= 11 is 3.22. The van der Waals surface area contributed by atoms with E-state index in [-0.39, 0.29) is 22.6 Å². The number of aromatic nitrogens is 1. The summed E-state index contributed by atoms with van der Waals surface area (Å²) in [5, 5.41) is 14.9. The summed E-state index contributed by atoms with van der Waals surface area (Å²) in [7, 11) is 0. The van der Waals surface area contributed by atoms with Crippen molar-refractivity contribution >= 4 is 39.7 Å². The molecule has 1 amide bonds. The van der Waals surface area contributed by atoms with Crippen LogP contribution in [0.4, 0.5) is 5.69 Å². The van der Waals surface area contributed by atoms with E-state index in [4.69, 9.17) is 4.74 Å². The van der Waals surface area contributed by atoms with Crippen LogP contribution in [0.5, 0.6) is 5.75 Å². The highest BCUT2D eigenvalue weighted by atomic mass is 79.9. The number of hydrogen-bond donors (Lipinski definition) is 1. The summed E-state index contributed by atoms with van der Waals surface area (Å²) in [4.78, 5) is 38.8. The van der Waals surface area contributed by atoms with Gasteiger partial charge in [-0.2, -0.15) is 5.10 Å². The van der Waals surface area contributed by atoms with Crippen LogP contribution >= 0.6 is 15.9 Å². The Kier molecular flexibility index (Phi) is 6.60. The largest absolute Gasteiger partial charge is 0.422 e. The lowest BCUT2D eigenvalue weighted by Gasteiger charge is -2.07. The number of nitrogens with zero attached hydrogens (tertiary/aromatic N) is 3. The number of hydrogen-bond acceptors (Lipinski definition) is 7. The standard InChI is InChI=1S/C20H13BrN4O5/c21-16-8-15(10-22-12-16)19(26)24-23-11-14-9-17(25(28)29)6-7-18(14)30-20(27)13-4-2-1-3-5-13/h1-12H,(H,24,26). The Balaban J connectivity index is 1.81. The molecule has 0 spiro atoms. The topological polar surface area (TPSA) is 124 Å². The quantitative estimate of drug-likeness (QED) is 0.193. The molecule has 0 aliphatic heterocycles. The molecular weight excluding hydrogens is 456 g/mol. The molecule has 0 atom stereocenters. The maximum absolute atomic E-state index is 12.3. The number of non-ortho nitro benzene ring substituents is 1. The second-order valence-electron chi connectivity index (χ2n) is 5.83. The van der Waals surface area contributed by atoms with Gasteiger partial charge in [-0.15, -0.1) is 0 Å². The number of rotatable bonds is 6. The first-order valence-corrected chi connectivity index (χ1v) is 9.23. The van der Waals surface area contributed by atoms with E-state index in [1.54, 1.807) is 36.4 Å². The fraction of sp³-hybridized carbons (Fsp3) is 0. The van der Waals surface area contributed by atoms with Gasteiger partial charge in [-0.3, -0.25) is 19.9 Å². The lowest BCUT2D eigenvalue weighted by atomic mass is 10.2. The Hall–Kier alpha value is -3.92. The molecule has 1 N–H and O–H groups in total. The van der Waals surface area contributed by atoms with Crippen molar-refractivity contribution < 1.29 is 19.2 Å². The fourth-order valence-electron chi connectivity index (χ4n) is 2.34. The predicted octanol–water partition coefficient (Wildman–Crippen LogP) is 3.74. The molecule has 0 unspecified atom stereocenters. The van der Waals surface area contributed by atoms with Crippen LogP contribution in [-0.4, -0.2) is 28.0 Å². The molecule has 0 saturated heterocycles. The van der Waals surface area contributed by atoms with Crippen LogP contribution in [0.15, 0.2) is 76.6 Å². The number of amides is 1. The van der Waals surface area contributed by atoms with Crippen molar-refractivity contribution in [3.8, 4) is 5.75 Å². The van der Waals surface area contributed by atoms with Crippen molar-refractivity contribution in [2.45, 2.75) is 0 Å². The van der Waals surface area contributed by atoms with Gasteiger partial charge in [-0.1, -0.05) is 18.2 Å². The highest BCUT2D eigenvalue weighted by Gasteiger charge is 2.15. The molecule has 30 heavy (non-hydrogen) atoms. The molecule has 1 heterocycles. The zero-order valence-corrected chi connectivity index (χ0v) is 16.8. The van der Waals surface area contributed by atoms with Crippen LogP contribution in [-0.2, 0) is 0 Å². The summed E-state index contributed by atoms with van der Waals surface area (Å²) in [6.45, 7) is 0. The minimum atomic E-state index is -0.636. The van der Waals surface area contributed by atoms with E-state index in [0.717, 1.165) is 6.21 Å². The Morgan fingerprint density at radius 3 is 2.57 bits per heavy atom. The predicted molar refractivity (Wildman–Crippen MR) is 111 cm³/mol. The number of carbonyl (C=O) groups is 2. The zero-order valence-electron chi connectivity index (χ0n) is 15.2. The average molecular weight is 469 g/mol. The summed E-state index contributed by atoms with van der Waals surface area (Å²) in [5.41, 5.74) is 2.79. The van der Waals surface area contributed by atoms with Crippen molar-refractivity contribution in [2.75, 3.05) is 0 Å². The minimum absolute atomic E-state index is 0.0524. The first-order valence-electron chi connectivity index (χ1n) is 8.43. The SMILES string of the molecule is O=C(NN=Cc1cc([N+](=O)[O-])ccc1OC(=O)c1ccccc1)c1cncc(Br)c1. The molecule has 3 aromatic rings. The number of nitro benzene ring substituents is 1. The number of benzene rings is 2. The van der Waals surface area contributed by atoms with Crippen LogP contribution in [0.1, 0.15) is 26.3 Å². The van der Waals surface area contributed by atoms with Crippen LogP contribution < -0.4 is 10.2 Å². The summed E-state index contributed by atoms with van der Waals surface area (Å²) in [6, 6.07) is 13.5. The third-order valence-electron chi connectivity index (χ3n) is 3.75. The highest BCUT2D eigenvalue weighted by Crippen LogP contribution is 2.24. The van der Waals surface area contributed by atoms with Gasteiger partial charge in [0.05, 0.1) is 22.3 Å². The molecule has 3 rings (SSSR count). The van der Waals surface area contributed by atoms with Gasteiger partial charge in [0, 0.05) is 34.6 Å². The summed E-state index contributed by atoms with van der Waals surface area (Å²) in [6.07, 6.45) is 4.04.